The van der Waals surface area contributed by atoms with Crippen molar-refractivity contribution in [3.8, 4) is 0 Å². The highest BCUT2D eigenvalue weighted by atomic mass is 15.0. The van der Waals surface area contributed by atoms with Crippen LogP contribution in [-0.4, -0.2) is 12.1 Å². The summed E-state index contributed by atoms with van der Waals surface area (Å²) in [6.45, 7) is 3.61. The molecule has 2 aliphatic rings. The number of rotatable bonds is 1. The Bertz CT molecular complexity index is 138. The van der Waals surface area contributed by atoms with Gasteiger partial charge in [-0.1, -0.05) is 26.2 Å². The average Bonchev–Trinajstić information content (AvgIpc) is 2.02. The first-order valence-electron chi connectivity index (χ1n) is 5.10. The zero-order chi connectivity index (χ0) is 7.73. The van der Waals surface area contributed by atoms with Gasteiger partial charge in [-0.05, 0) is 31.7 Å². The predicted molar refractivity (Wildman–Crippen MR) is 47.6 cm³/mol. The van der Waals surface area contributed by atoms with Gasteiger partial charge in [-0.15, -0.1) is 0 Å². The Morgan fingerprint density at radius 1 is 1.45 bits per heavy atom. The minimum absolute atomic E-state index is 0.624. The minimum atomic E-state index is 0.624. The van der Waals surface area contributed by atoms with Crippen molar-refractivity contribution in [1.29, 1.82) is 0 Å². The molecule has 2 unspecified atom stereocenters. The molecule has 0 radical (unpaired) electrons. The summed E-state index contributed by atoms with van der Waals surface area (Å²) in [7, 11) is 0. The summed E-state index contributed by atoms with van der Waals surface area (Å²) in [6, 6.07) is 0. The van der Waals surface area contributed by atoms with E-state index in [1.807, 2.05) is 0 Å². The third kappa shape index (κ3) is 1.31. The lowest BCUT2D eigenvalue weighted by molar-refractivity contribution is 0.106. The van der Waals surface area contributed by atoms with Crippen molar-refractivity contribution in [2.24, 2.45) is 5.92 Å². The Morgan fingerprint density at radius 3 is 2.82 bits per heavy atom. The SMILES string of the molecule is CCC1CCCC2(CCN2)C1. The van der Waals surface area contributed by atoms with Gasteiger partial charge >= 0.3 is 0 Å². The molecule has 11 heavy (non-hydrogen) atoms. The lowest BCUT2D eigenvalue weighted by Gasteiger charge is -2.48. The molecular formula is C10H19N. The second kappa shape index (κ2) is 2.78. The maximum Gasteiger partial charge on any atom is 0.0196 e. The highest BCUT2D eigenvalue weighted by Crippen LogP contribution is 2.39. The fraction of sp³-hybridized carbons (Fsp3) is 1.00. The molecule has 1 N–H and O–H groups in total. The quantitative estimate of drug-likeness (QED) is 0.609. The third-order valence-electron chi connectivity index (χ3n) is 3.63. The minimum Gasteiger partial charge on any atom is -0.311 e. The van der Waals surface area contributed by atoms with Crippen molar-refractivity contribution in [3.63, 3.8) is 0 Å². The van der Waals surface area contributed by atoms with Crippen LogP contribution in [0.15, 0.2) is 0 Å². The maximum atomic E-state index is 3.63. The molecule has 1 spiro atoms. The average molecular weight is 153 g/mol. The van der Waals surface area contributed by atoms with E-state index in [9.17, 15) is 0 Å². The van der Waals surface area contributed by atoms with E-state index < -0.39 is 0 Å². The summed E-state index contributed by atoms with van der Waals surface area (Å²) >= 11 is 0. The number of nitrogens with one attached hydrogen (secondary N) is 1. The van der Waals surface area contributed by atoms with Gasteiger partial charge in [0.05, 0.1) is 0 Å². The van der Waals surface area contributed by atoms with Gasteiger partial charge in [-0.2, -0.15) is 0 Å². The van der Waals surface area contributed by atoms with Gasteiger partial charge in [0, 0.05) is 5.54 Å². The second-order valence-corrected chi connectivity index (χ2v) is 4.33. The Kier molecular flexibility index (Phi) is 1.92. The van der Waals surface area contributed by atoms with Gasteiger partial charge in [0.15, 0.2) is 0 Å². The van der Waals surface area contributed by atoms with Crippen LogP contribution in [0.2, 0.25) is 0 Å². The van der Waals surface area contributed by atoms with Crippen molar-refractivity contribution in [1.82, 2.24) is 5.32 Å². The largest absolute Gasteiger partial charge is 0.311 e. The topological polar surface area (TPSA) is 12.0 Å². The molecule has 1 heterocycles. The van der Waals surface area contributed by atoms with E-state index in [1.54, 1.807) is 0 Å². The van der Waals surface area contributed by atoms with Gasteiger partial charge in [-0.25, -0.2) is 0 Å². The van der Waals surface area contributed by atoms with Gasteiger partial charge in [0.25, 0.3) is 0 Å². The third-order valence-corrected chi connectivity index (χ3v) is 3.63. The van der Waals surface area contributed by atoms with Crippen molar-refractivity contribution in [3.05, 3.63) is 0 Å². The molecule has 0 bridgehead atoms. The molecule has 1 aliphatic heterocycles. The van der Waals surface area contributed by atoms with E-state index in [1.165, 1.54) is 45.1 Å². The smallest absolute Gasteiger partial charge is 0.0196 e. The normalized spacial score (nSPS) is 43.9. The molecule has 0 amide bonds. The molecule has 0 aromatic carbocycles. The molecule has 1 heteroatoms. The van der Waals surface area contributed by atoms with Gasteiger partial charge < -0.3 is 5.32 Å². The van der Waals surface area contributed by atoms with Crippen LogP contribution < -0.4 is 5.32 Å². The van der Waals surface area contributed by atoms with E-state index in [-0.39, 0.29) is 0 Å². The summed E-state index contributed by atoms with van der Waals surface area (Å²) in [5, 5.41) is 3.63. The second-order valence-electron chi connectivity index (χ2n) is 4.33. The van der Waals surface area contributed by atoms with E-state index in [0.717, 1.165) is 5.92 Å². The van der Waals surface area contributed by atoms with Crippen LogP contribution in [0, 0.1) is 5.92 Å². The zero-order valence-corrected chi connectivity index (χ0v) is 7.53. The van der Waals surface area contributed by atoms with Crippen LogP contribution in [0.4, 0.5) is 0 Å². The molecule has 0 aromatic rings. The molecule has 2 fully saturated rings. The van der Waals surface area contributed by atoms with Crippen molar-refractivity contribution >= 4 is 0 Å². The molecule has 64 valence electrons. The number of hydrogen-bond acceptors (Lipinski definition) is 1. The Balaban J connectivity index is 1.92. The number of hydrogen-bond donors (Lipinski definition) is 1. The van der Waals surface area contributed by atoms with Crippen molar-refractivity contribution < 1.29 is 0 Å². The molecule has 1 saturated carbocycles. The van der Waals surface area contributed by atoms with E-state index in [0.29, 0.717) is 5.54 Å². The Morgan fingerprint density at radius 2 is 2.27 bits per heavy atom. The Labute approximate surface area is 69.6 Å². The standard InChI is InChI=1S/C10H19N/c1-2-9-4-3-5-10(8-9)6-7-11-10/h9,11H,2-8H2,1H3. The summed E-state index contributed by atoms with van der Waals surface area (Å²) < 4.78 is 0. The predicted octanol–water partition coefficient (Wildman–Crippen LogP) is 2.32. The van der Waals surface area contributed by atoms with Crippen LogP contribution in [-0.2, 0) is 0 Å². The molecular weight excluding hydrogens is 134 g/mol. The van der Waals surface area contributed by atoms with Crippen LogP contribution in [0.3, 0.4) is 0 Å². The van der Waals surface area contributed by atoms with Gasteiger partial charge in [0.2, 0.25) is 0 Å². The summed E-state index contributed by atoms with van der Waals surface area (Å²) in [4.78, 5) is 0. The highest BCUT2D eigenvalue weighted by molar-refractivity contribution is 4.99. The molecule has 0 aromatic heterocycles. The lowest BCUT2D eigenvalue weighted by Crippen LogP contribution is -2.58. The summed E-state index contributed by atoms with van der Waals surface area (Å²) in [5.41, 5.74) is 0.624. The van der Waals surface area contributed by atoms with Crippen LogP contribution in [0.25, 0.3) is 0 Å². The first-order chi connectivity index (χ1) is 5.35. The molecule has 1 aliphatic carbocycles. The lowest BCUT2D eigenvalue weighted by atomic mass is 9.70. The van der Waals surface area contributed by atoms with Gasteiger partial charge in [-0.3, -0.25) is 0 Å². The van der Waals surface area contributed by atoms with Crippen molar-refractivity contribution in [2.45, 2.75) is 51.0 Å². The molecule has 1 saturated heterocycles. The monoisotopic (exact) mass is 153 g/mol. The molecule has 1 nitrogen and oxygen atoms in total. The van der Waals surface area contributed by atoms with Crippen LogP contribution >= 0.6 is 0 Å². The van der Waals surface area contributed by atoms with E-state index in [2.05, 4.69) is 12.2 Å². The maximum absolute atomic E-state index is 3.63. The summed E-state index contributed by atoms with van der Waals surface area (Å²) in [5.74, 6) is 1.02. The summed E-state index contributed by atoms with van der Waals surface area (Å²) in [6.07, 6.45) is 8.70. The Hall–Kier alpha value is -0.0400. The zero-order valence-electron chi connectivity index (χ0n) is 7.53. The highest BCUT2D eigenvalue weighted by Gasteiger charge is 2.39. The fourth-order valence-electron chi connectivity index (χ4n) is 2.70. The van der Waals surface area contributed by atoms with Crippen LogP contribution in [0.5, 0.6) is 0 Å². The molecule has 2 rings (SSSR count). The first kappa shape index (κ1) is 7.60. The van der Waals surface area contributed by atoms with E-state index >= 15 is 0 Å². The van der Waals surface area contributed by atoms with E-state index in [4.69, 9.17) is 0 Å². The fourth-order valence-corrected chi connectivity index (χ4v) is 2.70. The first-order valence-corrected chi connectivity index (χ1v) is 5.10. The van der Waals surface area contributed by atoms with Crippen molar-refractivity contribution in [2.75, 3.05) is 6.54 Å². The van der Waals surface area contributed by atoms with Gasteiger partial charge in [0.1, 0.15) is 0 Å². The molecule has 2 atom stereocenters. The van der Waals surface area contributed by atoms with Crippen LogP contribution in [0.1, 0.15) is 45.4 Å².